The molecule has 0 saturated heterocycles. The number of rotatable bonds is 6. The summed E-state index contributed by atoms with van der Waals surface area (Å²) < 4.78 is 18.4. The van der Waals surface area contributed by atoms with Gasteiger partial charge in [-0.1, -0.05) is 11.6 Å². The fraction of sp³-hybridized carbons (Fsp3) is 0.143. The number of nitrogens with one attached hydrogen (secondary N) is 1. The molecule has 23 heavy (non-hydrogen) atoms. The van der Waals surface area contributed by atoms with Crippen LogP contribution in [0.4, 0.5) is 10.1 Å². The first-order valence-corrected chi connectivity index (χ1v) is 6.81. The lowest BCUT2D eigenvalue weighted by atomic mass is 10.1. The number of hydrogen-bond donors (Lipinski definition) is 1. The van der Waals surface area contributed by atoms with Gasteiger partial charge in [0, 0.05) is 18.3 Å². The molecule has 0 aliphatic carbocycles. The number of benzene rings is 1. The summed E-state index contributed by atoms with van der Waals surface area (Å²) >= 11 is 5.67. The van der Waals surface area contributed by atoms with Crippen LogP contribution in [0, 0.1) is 15.9 Å². The molecule has 1 amide bonds. The normalized spacial score (nSPS) is 10.2. The van der Waals surface area contributed by atoms with Gasteiger partial charge < -0.3 is 10.1 Å². The van der Waals surface area contributed by atoms with Crippen molar-refractivity contribution in [2.45, 2.75) is 0 Å². The first kappa shape index (κ1) is 16.6. The number of pyridine rings is 1. The van der Waals surface area contributed by atoms with Gasteiger partial charge in [0.1, 0.15) is 18.0 Å². The van der Waals surface area contributed by atoms with Gasteiger partial charge in [0.15, 0.2) is 0 Å². The number of nitrogens with zero attached hydrogens (tertiary/aromatic N) is 2. The zero-order chi connectivity index (χ0) is 16.8. The lowest BCUT2D eigenvalue weighted by molar-refractivity contribution is -0.385. The molecule has 0 spiro atoms. The van der Waals surface area contributed by atoms with Gasteiger partial charge in [-0.2, -0.15) is 0 Å². The number of nitro benzene ring substituents is 1. The molecule has 1 N–H and O–H groups in total. The third kappa shape index (κ3) is 4.62. The molecule has 0 radical (unpaired) electrons. The SMILES string of the molecule is O=C(NCCOc1ccc(Cl)cn1)c1cc(F)ccc1[N+](=O)[O-]. The first-order chi connectivity index (χ1) is 11.0. The summed E-state index contributed by atoms with van der Waals surface area (Å²) in [5, 5.41) is 13.7. The smallest absolute Gasteiger partial charge is 0.282 e. The standard InChI is InChI=1S/C14H11ClFN3O4/c15-9-1-4-13(18-8-9)23-6-5-17-14(20)11-7-10(16)2-3-12(11)19(21)22/h1-4,7-8H,5-6H2,(H,17,20). The summed E-state index contributed by atoms with van der Waals surface area (Å²) in [6, 6.07) is 5.83. The number of ether oxygens (including phenoxy) is 1. The largest absolute Gasteiger partial charge is 0.476 e. The van der Waals surface area contributed by atoms with Crippen LogP contribution in [0.3, 0.4) is 0 Å². The fourth-order valence-electron chi connectivity index (χ4n) is 1.71. The summed E-state index contributed by atoms with van der Waals surface area (Å²) in [4.78, 5) is 25.9. The van der Waals surface area contributed by atoms with Crippen LogP contribution in [0.1, 0.15) is 10.4 Å². The van der Waals surface area contributed by atoms with Gasteiger partial charge >= 0.3 is 0 Å². The maximum atomic E-state index is 13.2. The zero-order valence-electron chi connectivity index (χ0n) is 11.7. The van der Waals surface area contributed by atoms with Crippen molar-refractivity contribution in [1.82, 2.24) is 10.3 Å². The maximum absolute atomic E-state index is 13.2. The molecule has 0 fully saturated rings. The van der Waals surface area contributed by atoms with Gasteiger partial charge in [0.2, 0.25) is 5.88 Å². The molecule has 120 valence electrons. The van der Waals surface area contributed by atoms with E-state index in [0.29, 0.717) is 10.9 Å². The summed E-state index contributed by atoms with van der Waals surface area (Å²) in [5.41, 5.74) is -0.816. The highest BCUT2D eigenvalue weighted by atomic mass is 35.5. The Morgan fingerprint density at radius 3 is 2.83 bits per heavy atom. The summed E-state index contributed by atoms with van der Waals surface area (Å²) in [6.45, 7) is 0.153. The number of nitro groups is 1. The number of halogens is 2. The minimum atomic E-state index is -0.760. The molecule has 2 rings (SSSR count). The van der Waals surface area contributed by atoms with Crippen molar-refractivity contribution in [2.75, 3.05) is 13.2 Å². The number of hydrogen-bond acceptors (Lipinski definition) is 5. The van der Waals surface area contributed by atoms with E-state index in [1.807, 2.05) is 0 Å². The third-order valence-corrected chi connectivity index (χ3v) is 2.96. The van der Waals surface area contributed by atoms with E-state index in [-0.39, 0.29) is 18.7 Å². The molecular formula is C14H11ClFN3O4. The van der Waals surface area contributed by atoms with Crippen LogP contribution in [0.25, 0.3) is 0 Å². The molecule has 0 atom stereocenters. The summed E-state index contributed by atoms with van der Waals surface area (Å²) in [5.74, 6) is -1.17. The predicted octanol–water partition coefficient (Wildman–Crippen LogP) is 2.59. The Morgan fingerprint density at radius 2 is 2.17 bits per heavy atom. The second-order valence-electron chi connectivity index (χ2n) is 4.34. The zero-order valence-corrected chi connectivity index (χ0v) is 12.4. The van der Waals surface area contributed by atoms with Crippen LogP contribution in [-0.2, 0) is 0 Å². The molecule has 1 heterocycles. The molecule has 0 aliphatic heterocycles. The molecule has 0 unspecified atom stereocenters. The number of aromatic nitrogens is 1. The van der Waals surface area contributed by atoms with Gasteiger partial charge in [-0.15, -0.1) is 0 Å². The lowest BCUT2D eigenvalue weighted by Gasteiger charge is -2.07. The number of carbonyl (C=O) groups is 1. The van der Waals surface area contributed by atoms with E-state index >= 15 is 0 Å². The van der Waals surface area contributed by atoms with Gasteiger partial charge in [-0.25, -0.2) is 9.37 Å². The average Bonchev–Trinajstić information content (AvgIpc) is 2.52. The van der Waals surface area contributed by atoms with E-state index in [9.17, 15) is 19.3 Å². The number of amides is 1. The highest BCUT2D eigenvalue weighted by Gasteiger charge is 2.20. The Bertz CT molecular complexity index is 724. The van der Waals surface area contributed by atoms with Crippen molar-refractivity contribution < 1.29 is 18.8 Å². The van der Waals surface area contributed by atoms with Crippen molar-refractivity contribution in [3.63, 3.8) is 0 Å². The van der Waals surface area contributed by atoms with E-state index in [0.717, 1.165) is 18.2 Å². The summed E-state index contributed by atoms with van der Waals surface area (Å²) in [7, 11) is 0. The van der Waals surface area contributed by atoms with Crippen molar-refractivity contribution >= 4 is 23.2 Å². The summed E-state index contributed by atoms with van der Waals surface area (Å²) in [6.07, 6.45) is 1.41. The Morgan fingerprint density at radius 1 is 1.39 bits per heavy atom. The van der Waals surface area contributed by atoms with Crippen molar-refractivity contribution in [3.8, 4) is 5.88 Å². The second kappa shape index (κ2) is 7.50. The molecule has 7 nitrogen and oxygen atoms in total. The van der Waals surface area contributed by atoms with Crippen LogP contribution in [0.2, 0.25) is 5.02 Å². The topological polar surface area (TPSA) is 94.4 Å². The minimum absolute atomic E-state index is 0.0663. The molecule has 9 heteroatoms. The van der Waals surface area contributed by atoms with Crippen LogP contribution in [0.15, 0.2) is 36.5 Å². The van der Waals surface area contributed by atoms with Crippen LogP contribution in [0.5, 0.6) is 5.88 Å². The van der Waals surface area contributed by atoms with Crippen molar-refractivity contribution in [1.29, 1.82) is 0 Å². The Balaban J connectivity index is 1.91. The Hall–Kier alpha value is -2.74. The van der Waals surface area contributed by atoms with E-state index in [1.54, 1.807) is 12.1 Å². The molecule has 1 aromatic carbocycles. The monoisotopic (exact) mass is 339 g/mol. The Kier molecular flexibility index (Phi) is 5.42. The molecule has 0 saturated carbocycles. The van der Waals surface area contributed by atoms with Crippen LogP contribution >= 0.6 is 11.6 Å². The number of carbonyl (C=O) groups excluding carboxylic acids is 1. The minimum Gasteiger partial charge on any atom is -0.476 e. The van der Waals surface area contributed by atoms with Gasteiger partial charge in [0.25, 0.3) is 11.6 Å². The van der Waals surface area contributed by atoms with Gasteiger partial charge in [0.05, 0.1) is 16.5 Å². The van der Waals surface area contributed by atoms with Crippen LogP contribution in [-0.4, -0.2) is 29.0 Å². The molecular weight excluding hydrogens is 329 g/mol. The molecule has 1 aromatic heterocycles. The highest BCUT2D eigenvalue weighted by molar-refractivity contribution is 6.30. The van der Waals surface area contributed by atoms with Crippen molar-refractivity contribution in [3.05, 3.63) is 63.0 Å². The maximum Gasteiger partial charge on any atom is 0.282 e. The lowest BCUT2D eigenvalue weighted by Crippen LogP contribution is -2.28. The fourth-order valence-corrected chi connectivity index (χ4v) is 1.82. The molecule has 0 bridgehead atoms. The van der Waals surface area contributed by atoms with Gasteiger partial charge in [-0.05, 0) is 18.2 Å². The predicted molar refractivity (Wildman–Crippen MR) is 80.1 cm³/mol. The molecule has 0 aliphatic rings. The Labute approximate surface area is 135 Å². The van der Waals surface area contributed by atoms with E-state index in [1.165, 1.54) is 6.20 Å². The van der Waals surface area contributed by atoms with Crippen molar-refractivity contribution in [2.24, 2.45) is 0 Å². The third-order valence-electron chi connectivity index (χ3n) is 2.74. The quantitative estimate of drug-likeness (QED) is 0.496. The van der Waals surface area contributed by atoms with E-state index in [2.05, 4.69) is 10.3 Å². The molecule has 2 aromatic rings. The van der Waals surface area contributed by atoms with Crippen LogP contribution < -0.4 is 10.1 Å². The van der Waals surface area contributed by atoms with E-state index < -0.39 is 22.3 Å². The second-order valence-corrected chi connectivity index (χ2v) is 4.77. The van der Waals surface area contributed by atoms with Gasteiger partial charge in [-0.3, -0.25) is 14.9 Å². The average molecular weight is 340 g/mol. The van der Waals surface area contributed by atoms with E-state index in [4.69, 9.17) is 16.3 Å². The first-order valence-electron chi connectivity index (χ1n) is 6.44. The highest BCUT2D eigenvalue weighted by Crippen LogP contribution is 2.19.